The average Bonchev–Trinajstić information content (AvgIpc) is 3.17. The molecular formula is C15H17F3N4O2. The van der Waals surface area contributed by atoms with Gasteiger partial charge in [0, 0.05) is 25.2 Å². The molecule has 24 heavy (non-hydrogen) atoms. The van der Waals surface area contributed by atoms with E-state index in [1.165, 1.54) is 7.05 Å². The summed E-state index contributed by atoms with van der Waals surface area (Å²) in [6.07, 6.45) is -3.09. The number of hydrogen-bond donors (Lipinski definition) is 0. The molecule has 1 aliphatic rings. The Morgan fingerprint density at radius 2 is 2.08 bits per heavy atom. The second-order valence-electron chi connectivity index (χ2n) is 5.93. The van der Waals surface area contributed by atoms with E-state index < -0.39 is 17.8 Å². The van der Waals surface area contributed by atoms with E-state index in [0.29, 0.717) is 18.0 Å². The zero-order valence-corrected chi connectivity index (χ0v) is 13.5. The number of halogens is 3. The van der Waals surface area contributed by atoms with Crippen LogP contribution in [0.2, 0.25) is 0 Å². The highest BCUT2D eigenvalue weighted by atomic mass is 19.4. The van der Waals surface area contributed by atoms with Gasteiger partial charge in [-0.25, -0.2) is 0 Å². The van der Waals surface area contributed by atoms with Gasteiger partial charge in [-0.05, 0) is 26.7 Å². The number of aromatic nitrogens is 3. The van der Waals surface area contributed by atoms with Crippen LogP contribution >= 0.6 is 0 Å². The largest absolute Gasteiger partial charge is 0.435 e. The lowest BCUT2D eigenvalue weighted by Gasteiger charge is -2.24. The zero-order valence-electron chi connectivity index (χ0n) is 13.5. The van der Waals surface area contributed by atoms with E-state index in [0.717, 1.165) is 29.2 Å². The summed E-state index contributed by atoms with van der Waals surface area (Å²) in [6.45, 7) is 4.03. The van der Waals surface area contributed by atoms with Gasteiger partial charge in [-0.1, -0.05) is 5.16 Å². The molecule has 9 heteroatoms. The fourth-order valence-electron chi connectivity index (χ4n) is 3.23. The van der Waals surface area contributed by atoms with Gasteiger partial charge in [0.05, 0.1) is 11.7 Å². The lowest BCUT2D eigenvalue weighted by atomic mass is 10.0. The summed E-state index contributed by atoms with van der Waals surface area (Å²) < 4.78 is 44.6. The van der Waals surface area contributed by atoms with Crippen LogP contribution in [0.15, 0.2) is 10.6 Å². The summed E-state index contributed by atoms with van der Waals surface area (Å²) in [6, 6.07) is 0.554. The van der Waals surface area contributed by atoms with Gasteiger partial charge < -0.3 is 9.42 Å². The standard InChI is InChI=1S/C15H17F3N4O2/c1-8-13(9(2)24-20-8)10-5-4-6-22(10)14(23)11-7-12(15(16,17)18)19-21(11)3/h7,10H,4-6H2,1-3H3. The predicted molar refractivity (Wildman–Crippen MR) is 77.2 cm³/mol. The molecular weight excluding hydrogens is 325 g/mol. The lowest BCUT2D eigenvalue weighted by molar-refractivity contribution is -0.141. The first-order valence-electron chi connectivity index (χ1n) is 7.55. The quantitative estimate of drug-likeness (QED) is 0.841. The molecule has 0 aliphatic carbocycles. The minimum Gasteiger partial charge on any atom is -0.361 e. The molecule has 0 bridgehead atoms. The van der Waals surface area contributed by atoms with E-state index in [1.807, 2.05) is 0 Å². The van der Waals surface area contributed by atoms with Crippen molar-refractivity contribution in [3.63, 3.8) is 0 Å². The van der Waals surface area contributed by atoms with E-state index in [2.05, 4.69) is 10.3 Å². The van der Waals surface area contributed by atoms with Gasteiger partial charge in [0.15, 0.2) is 5.69 Å². The molecule has 0 saturated carbocycles. The molecule has 1 atom stereocenters. The number of alkyl halides is 3. The maximum Gasteiger partial charge on any atom is 0.435 e. The Hall–Kier alpha value is -2.32. The van der Waals surface area contributed by atoms with Crippen molar-refractivity contribution in [1.29, 1.82) is 0 Å². The van der Waals surface area contributed by atoms with E-state index in [1.54, 1.807) is 18.7 Å². The van der Waals surface area contributed by atoms with Crippen molar-refractivity contribution in [2.75, 3.05) is 6.54 Å². The summed E-state index contributed by atoms with van der Waals surface area (Å²) in [5.41, 5.74) is 0.375. The summed E-state index contributed by atoms with van der Waals surface area (Å²) in [5.74, 6) is 0.154. The molecule has 0 spiro atoms. The average molecular weight is 342 g/mol. The molecule has 6 nitrogen and oxygen atoms in total. The smallest absolute Gasteiger partial charge is 0.361 e. The molecule has 1 aliphatic heterocycles. The van der Waals surface area contributed by atoms with Crippen LogP contribution < -0.4 is 0 Å². The van der Waals surface area contributed by atoms with Gasteiger partial charge in [-0.2, -0.15) is 18.3 Å². The third-order valence-electron chi connectivity index (χ3n) is 4.32. The van der Waals surface area contributed by atoms with Crippen molar-refractivity contribution in [2.24, 2.45) is 7.05 Å². The second kappa shape index (κ2) is 5.64. The fourth-order valence-corrected chi connectivity index (χ4v) is 3.23. The van der Waals surface area contributed by atoms with Crippen LogP contribution in [0.25, 0.3) is 0 Å². The maximum absolute atomic E-state index is 12.8. The molecule has 0 aromatic carbocycles. The van der Waals surface area contributed by atoms with Crippen LogP contribution in [-0.2, 0) is 13.2 Å². The molecule has 0 radical (unpaired) electrons. The number of carbonyl (C=O) groups excluding carboxylic acids is 1. The topological polar surface area (TPSA) is 64.2 Å². The first-order valence-corrected chi connectivity index (χ1v) is 7.55. The highest BCUT2D eigenvalue weighted by Gasteiger charge is 2.39. The Labute approximate surface area is 136 Å². The Balaban J connectivity index is 1.94. The number of rotatable bonds is 2. The predicted octanol–water partition coefficient (Wildman–Crippen LogP) is 3.02. The van der Waals surface area contributed by atoms with Crippen molar-refractivity contribution in [2.45, 2.75) is 38.9 Å². The van der Waals surface area contributed by atoms with Gasteiger partial charge >= 0.3 is 6.18 Å². The number of carbonyl (C=O) groups is 1. The molecule has 2 aromatic heterocycles. The number of likely N-dealkylation sites (tertiary alicyclic amines) is 1. The molecule has 3 heterocycles. The first-order chi connectivity index (χ1) is 11.2. The van der Waals surface area contributed by atoms with Crippen LogP contribution in [0.5, 0.6) is 0 Å². The Morgan fingerprint density at radius 1 is 1.38 bits per heavy atom. The minimum atomic E-state index is -4.58. The number of hydrogen-bond acceptors (Lipinski definition) is 4. The van der Waals surface area contributed by atoms with Crippen molar-refractivity contribution in [3.8, 4) is 0 Å². The van der Waals surface area contributed by atoms with Crippen LogP contribution in [0.3, 0.4) is 0 Å². The highest BCUT2D eigenvalue weighted by Crippen LogP contribution is 2.37. The molecule has 2 aromatic rings. The highest BCUT2D eigenvalue weighted by molar-refractivity contribution is 5.93. The second-order valence-corrected chi connectivity index (χ2v) is 5.93. The molecule has 1 unspecified atom stereocenters. The summed E-state index contributed by atoms with van der Waals surface area (Å²) in [5, 5.41) is 7.31. The Kier molecular flexibility index (Phi) is 3.89. The SMILES string of the molecule is Cc1noc(C)c1C1CCCN1C(=O)c1cc(C(F)(F)F)nn1C. The number of amides is 1. The third-order valence-corrected chi connectivity index (χ3v) is 4.32. The first kappa shape index (κ1) is 16.5. The van der Waals surface area contributed by atoms with Crippen molar-refractivity contribution >= 4 is 5.91 Å². The minimum absolute atomic E-state index is 0.0824. The van der Waals surface area contributed by atoms with E-state index in [4.69, 9.17) is 4.52 Å². The molecule has 3 rings (SSSR count). The van der Waals surface area contributed by atoms with Gasteiger partial charge in [0.1, 0.15) is 11.5 Å². The number of nitrogens with zero attached hydrogens (tertiary/aromatic N) is 4. The van der Waals surface area contributed by atoms with Crippen molar-refractivity contribution < 1.29 is 22.5 Å². The fraction of sp³-hybridized carbons (Fsp3) is 0.533. The van der Waals surface area contributed by atoms with Crippen LogP contribution in [0.4, 0.5) is 13.2 Å². The van der Waals surface area contributed by atoms with E-state index in [-0.39, 0.29) is 11.7 Å². The maximum atomic E-state index is 12.8. The summed E-state index contributed by atoms with van der Waals surface area (Å²) in [7, 11) is 1.34. The summed E-state index contributed by atoms with van der Waals surface area (Å²) in [4.78, 5) is 14.4. The molecule has 1 fully saturated rings. The van der Waals surface area contributed by atoms with Crippen molar-refractivity contribution in [3.05, 3.63) is 34.5 Å². The Bertz CT molecular complexity index is 759. The number of aryl methyl sites for hydroxylation is 3. The molecule has 1 saturated heterocycles. The molecule has 130 valence electrons. The Morgan fingerprint density at radius 3 is 2.62 bits per heavy atom. The van der Waals surface area contributed by atoms with Crippen LogP contribution in [0.1, 0.15) is 52.1 Å². The molecule has 0 N–H and O–H groups in total. The van der Waals surface area contributed by atoms with Crippen LogP contribution in [0, 0.1) is 13.8 Å². The van der Waals surface area contributed by atoms with Gasteiger partial charge in [0.2, 0.25) is 0 Å². The lowest BCUT2D eigenvalue weighted by Crippen LogP contribution is -2.32. The summed E-state index contributed by atoms with van der Waals surface area (Å²) >= 11 is 0. The van der Waals surface area contributed by atoms with E-state index in [9.17, 15) is 18.0 Å². The monoisotopic (exact) mass is 342 g/mol. The van der Waals surface area contributed by atoms with Gasteiger partial charge in [-0.15, -0.1) is 0 Å². The van der Waals surface area contributed by atoms with E-state index >= 15 is 0 Å². The molecule has 1 amide bonds. The zero-order chi connectivity index (χ0) is 17.6. The van der Waals surface area contributed by atoms with Gasteiger partial charge in [0.25, 0.3) is 5.91 Å². The van der Waals surface area contributed by atoms with Crippen LogP contribution in [-0.4, -0.2) is 32.3 Å². The van der Waals surface area contributed by atoms with Crippen molar-refractivity contribution in [1.82, 2.24) is 19.8 Å². The normalized spacial score (nSPS) is 18.4. The van der Waals surface area contributed by atoms with Gasteiger partial charge in [-0.3, -0.25) is 9.48 Å². The third kappa shape index (κ3) is 2.67.